The van der Waals surface area contributed by atoms with Crippen LogP contribution in [0.3, 0.4) is 0 Å². The van der Waals surface area contributed by atoms with Crippen molar-refractivity contribution in [1.82, 2.24) is 9.62 Å². The average Bonchev–Trinajstić information content (AvgIpc) is 3.26. The maximum absolute atomic E-state index is 12.7. The Labute approximate surface area is 172 Å². The van der Waals surface area contributed by atoms with E-state index in [0.29, 0.717) is 37.6 Å². The fourth-order valence-corrected chi connectivity index (χ4v) is 4.58. The lowest BCUT2D eigenvalue weighted by molar-refractivity contribution is 0.0691. The number of rotatable bonds is 8. The fraction of sp³-hybridized carbons (Fsp3) is 0.476. The molecule has 1 aliphatic rings. The highest BCUT2D eigenvalue weighted by molar-refractivity contribution is 7.89. The molecule has 1 aliphatic heterocycles. The smallest absolute Gasteiger partial charge is 0.257 e. The Balaban J connectivity index is 1.52. The molecule has 0 atom stereocenters. The zero-order chi connectivity index (χ0) is 20.9. The Morgan fingerprint density at radius 2 is 2.03 bits per heavy atom. The minimum atomic E-state index is -3.58. The van der Waals surface area contributed by atoms with E-state index >= 15 is 0 Å². The summed E-state index contributed by atoms with van der Waals surface area (Å²) in [6.45, 7) is 6.06. The molecule has 0 radical (unpaired) electrons. The van der Waals surface area contributed by atoms with Gasteiger partial charge in [-0.3, -0.25) is 4.79 Å². The highest BCUT2D eigenvalue weighted by Crippen LogP contribution is 2.23. The number of hydrogen-bond donors (Lipinski definition) is 1. The minimum Gasteiger partial charge on any atom is -0.493 e. The number of hydrogen-bond acceptors (Lipinski definition) is 5. The van der Waals surface area contributed by atoms with Gasteiger partial charge in [-0.05, 0) is 61.9 Å². The summed E-state index contributed by atoms with van der Waals surface area (Å²) in [7, 11) is -3.58. The molecule has 1 saturated heterocycles. The fourth-order valence-electron chi connectivity index (χ4n) is 3.38. The number of ether oxygens (including phenoxy) is 1. The van der Waals surface area contributed by atoms with E-state index in [9.17, 15) is 13.2 Å². The number of amides is 1. The molecule has 158 valence electrons. The standard InChI is InChI=1S/C21H28N2O5S/c1-3-11-28-20-5-4-19(13-16(20)2)29(25,26)22-14-17-6-9-23(10-7-17)21(24)18-8-12-27-15-18/h4-5,8,12-13,15,17,22H,3,6-7,9-11,14H2,1-2H3. The quantitative estimate of drug-likeness (QED) is 0.708. The second-order valence-corrected chi connectivity index (χ2v) is 9.14. The SMILES string of the molecule is CCCOc1ccc(S(=O)(=O)NCC2CCN(C(=O)c3ccoc3)CC2)cc1C. The van der Waals surface area contributed by atoms with Crippen molar-refractivity contribution in [3.63, 3.8) is 0 Å². The van der Waals surface area contributed by atoms with Crippen molar-refractivity contribution in [3.8, 4) is 5.75 Å². The van der Waals surface area contributed by atoms with Gasteiger partial charge in [0.15, 0.2) is 0 Å². The average molecular weight is 421 g/mol. The number of benzene rings is 1. The van der Waals surface area contributed by atoms with Gasteiger partial charge in [-0.1, -0.05) is 6.92 Å². The number of likely N-dealkylation sites (tertiary alicyclic amines) is 1. The van der Waals surface area contributed by atoms with Gasteiger partial charge in [0.05, 0.1) is 23.3 Å². The molecule has 1 aromatic heterocycles. The molecule has 2 aromatic rings. The number of nitrogens with zero attached hydrogens (tertiary/aromatic N) is 1. The van der Waals surface area contributed by atoms with E-state index in [1.807, 2.05) is 13.8 Å². The first-order valence-corrected chi connectivity index (χ1v) is 11.4. The lowest BCUT2D eigenvalue weighted by atomic mass is 9.97. The van der Waals surface area contributed by atoms with Gasteiger partial charge in [-0.15, -0.1) is 0 Å². The normalized spacial score (nSPS) is 15.4. The van der Waals surface area contributed by atoms with E-state index in [1.165, 1.54) is 12.5 Å². The molecule has 0 aliphatic carbocycles. The summed E-state index contributed by atoms with van der Waals surface area (Å²) in [6, 6.07) is 6.58. The zero-order valence-corrected chi connectivity index (χ0v) is 17.7. The number of nitrogens with one attached hydrogen (secondary N) is 1. The first kappa shape index (κ1) is 21.4. The summed E-state index contributed by atoms with van der Waals surface area (Å²) in [5.74, 6) is 0.866. The maximum Gasteiger partial charge on any atom is 0.257 e. The van der Waals surface area contributed by atoms with Crippen molar-refractivity contribution >= 4 is 15.9 Å². The van der Waals surface area contributed by atoms with Crippen LogP contribution in [0.4, 0.5) is 0 Å². The van der Waals surface area contributed by atoms with Crippen molar-refractivity contribution in [2.75, 3.05) is 26.2 Å². The summed E-state index contributed by atoms with van der Waals surface area (Å²) in [4.78, 5) is 14.4. The highest BCUT2D eigenvalue weighted by Gasteiger charge is 2.25. The summed E-state index contributed by atoms with van der Waals surface area (Å²) in [6.07, 6.45) is 5.35. The van der Waals surface area contributed by atoms with Gasteiger partial charge >= 0.3 is 0 Å². The number of aryl methyl sites for hydroxylation is 1. The first-order valence-electron chi connectivity index (χ1n) is 9.95. The van der Waals surface area contributed by atoms with Crippen molar-refractivity contribution < 1.29 is 22.4 Å². The van der Waals surface area contributed by atoms with Crippen molar-refractivity contribution in [2.24, 2.45) is 5.92 Å². The molecule has 3 rings (SSSR count). The Morgan fingerprint density at radius 3 is 2.66 bits per heavy atom. The Kier molecular flexibility index (Phi) is 6.97. The van der Waals surface area contributed by atoms with Crippen LogP contribution in [0.25, 0.3) is 0 Å². The molecule has 1 fully saturated rings. The predicted octanol–water partition coefficient (Wildman–Crippen LogP) is 3.21. The van der Waals surface area contributed by atoms with Crippen LogP contribution >= 0.6 is 0 Å². The molecule has 7 nitrogen and oxygen atoms in total. The van der Waals surface area contributed by atoms with Gasteiger partial charge < -0.3 is 14.1 Å². The second kappa shape index (κ2) is 9.45. The van der Waals surface area contributed by atoms with Crippen molar-refractivity contribution in [2.45, 2.75) is 38.0 Å². The Hall–Kier alpha value is -2.32. The molecule has 0 spiro atoms. The van der Waals surface area contributed by atoms with Crippen LogP contribution in [-0.2, 0) is 10.0 Å². The third-order valence-corrected chi connectivity index (χ3v) is 6.57. The van der Waals surface area contributed by atoms with Crippen molar-refractivity contribution in [1.29, 1.82) is 0 Å². The monoisotopic (exact) mass is 420 g/mol. The van der Waals surface area contributed by atoms with Crippen LogP contribution in [-0.4, -0.2) is 45.5 Å². The summed E-state index contributed by atoms with van der Waals surface area (Å²) < 4.78 is 38.6. The zero-order valence-electron chi connectivity index (χ0n) is 16.9. The van der Waals surface area contributed by atoms with E-state index in [4.69, 9.17) is 9.15 Å². The molecular weight excluding hydrogens is 392 g/mol. The summed E-state index contributed by atoms with van der Waals surface area (Å²) in [5, 5.41) is 0. The largest absolute Gasteiger partial charge is 0.493 e. The lowest BCUT2D eigenvalue weighted by Gasteiger charge is -2.31. The number of carbonyl (C=O) groups is 1. The summed E-state index contributed by atoms with van der Waals surface area (Å²) in [5.41, 5.74) is 1.35. The first-order chi connectivity index (χ1) is 13.9. The third-order valence-electron chi connectivity index (χ3n) is 5.15. The second-order valence-electron chi connectivity index (χ2n) is 7.38. The van der Waals surface area contributed by atoms with Gasteiger partial charge in [0.2, 0.25) is 10.0 Å². The molecule has 0 bridgehead atoms. The van der Waals surface area contributed by atoms with Crippen molar-refractivity contribution in [3.05, 3.63) is 47.9 Å². The molecule has 29 heavy (non-hydrogen) atoms. The predicted molar refractivity (Wildman–Crippen MR) is 109 cm³/mol. The molecule has 8 heteroatoms. The van der Waals surface area contributed by atoms with Gasteiger partial charge in [-0.25, -0.2) is 13.1 Å². The molecule has 2 heterocycles. The highest BCUT2D eigenvalue weighted by atomic mass is 32.2. The maximum atomic E-state index is 12.7. The minimum absolute atomic E-state index is 0.0429. The Bertz CT molecular complexity index is 917. The molecule has 0 saturated carbocycles. The molecule has 1 amide bonds. The van der Waals surface area contributed by atoms with E-state index in [2.05, 4.69) is 4.72 Å². The molecular formula is C21H28N2O5S. The van der Waals surface area contributed by atoms with E-state index < -0.39 is 10.0 Å². The lowest BCUT2D eigenvalue weighted by Crippen LogP contribution is -2.41. The Morgan fingerprint density at radius 1 is 1.28 bits per heavy atom. The van der Waals surface area contributed by atoms with Crippen LogP contribution in [0.1, 0.15) is 42.1 Å². The molecule has 1 aromatic carbocycles. The van der Waals surface area contributed by atoms with Crippen LogP contribution < -0.4 is 9.46 Å². The van der Waals surface area contributed by atoms with Gasteiger partial charge in [0.25, 0.3) is 5.91 Å². The number of piperidine rings is 1. The van der Waals surface area contributed by atoms with Crippen LogP contribution in [0.5, 0.6) is 5.75 Å². The van der Waals surface area contributed by atoms with Gasteiger partial charge in [-0.2, -0.15) is 0 Å². The van der Waals surface area contributed by atoms with E-state index in [-0.39, 0.29) is 16.7 Å². The third kappa shape index (κ3) is 5.39. The molecule has 1 N–H and O–H groups in total. The van der Waals surface area contributed by atoms with E-state index in [1.54, 1.807) is 29.2 Å². The van der Waals surface area contributed by atoms with Crippen LogP contribution in [0, 0.1) is 12.8 Å². The number of carbonyl (C=O) groups excluding carboxylic acids is 1. The number of furan rings is 1. The van der Waals surface area contributed by atoms with E-state index in [0.717, 1.165) is 24.8 Å². The van der Waals surface area contributed by atoms with Crippen LogP contribution in [0.2, 0.25) is 0 Å². The summed E-state index contributed by atoms with van der Waals surface area (Å²) >= 11 is 0. The van der Waals surface area contributed by atoms with Gasteiger partial charge in [0, 0.05) is 19.6 Å². The number of sulfonamides is 1. The van der Waals surface area contributed by atoms with Gasteiger partial charge in [0.1, 0.15) is 12.0 Å². The van der Waals surface area contributed by atoms with Crippen LogP contribution in [0.15, 0.2) is 46.1 Å². The molecule has 0 unspecified atom stereocenters. The topological polar surface area (TPSA) is 88.9 Å².